The topological polar surface area (TPSA) is 84.2 Å². The van der Waals surface area contributed by atoms with E-state index in [4.69, 9.17) is 16.7 Å². The van der Waals surface area contributed by atoms with Gasteiger partial charge >= 0.3 is 5.97 Å². The summed E-state index contributed by atoms with van der Waals surface area (Å²) in [6.07, 6.45) is 4.41. The molecule has 0 unspecified atom stereocenters. The zero-order valence-corrected chi connectivity index (χ0v) is 12.6. The van der Waals surface area contributed by atoms with Crippen LogP contribution in [0.15, 0.2) is 36.7 Å². The van der Waals surface area contributed by atoms with Crippen LogP contribution in [0.25, 0.3) is 5.69 Å². The first-order chi connectivity index (χ1) is 10.6. The molecule has 1 aromatic carbocycles. The number of carbonyl (C=O) groups is 2. The lowest BCUT2D eigenvalue weighted by Crippen LogP contribution is -2.24. The van der Waals surface area contributed by atoms with Crippen LogP contribution in [0.2, 0.25) is 5.02 Å². The molecule has 2 rings (SSSR count). The largest absolute Gasteiger partial charge is 0.481 e. The molecule has 116 valence electrons. The number of carboxylic acid groups (broad SMARTS) is 1. The van der Waals surface area contributed by atoms with Crippen molar-refractivity contribution in [3.8, 4) is 5.69 Å². The maximum atomic E-state index is 11.9. The number of unbranched alkanes of at least 4 members (excludes halogenated alkanes) is 1. The van der Waals surface area contributed by atoms with Crippen LogP contribution >= 0.6 is 11.6 Å². The molecule has 7 heteroatoms. The van der Waals surface area contributed by atoms with E-state index in [-0.39, 0.29) is 12.3 Å². The van der Waals surface area contributed by atoms with Crippen LogP contribution in [0, 0.1) is 0 Å². The van der Waals surface area contributed by atoms with Crippen molar-refractivity contribution >= 4 is 23.5 Å². The van der Waals surface area contributed by atoms with Gasteiger partial charge in [-0.05, 0) is 37.1 Å². The molecule has 22 heavy (non-hydrogen) atoms. The van der Waals surface area contributed by atoms with Gasteiger partial charge in [-0.15, -0.1) is 0 Å². The number of hydrogen-bond acceptors (Lipinski definition) is 3. The fraction of sp³-hybridized carbons (Fsp3) is 0.267. The highest BCUT2D eigenvalue weighted by atomic mass is 35.5. The molecule has 6 nitrogen and oxygen atoms in total. The molecule has 0 saturated heterocycles. The number of hydrogen-bond donors (Lipinski definition) is 2. The molecule has 0 aliphatic rings. The number of benzene rings is 1. The summed E-state index contributed by atoms with van der Waals surface area (Å²) in [5.74, 6) is -1.05. The Hall–Kier alpha value is -2.34. The highest BCUT2D eigenvalue weighted by Crippen LogP contribution is 2.13. The van der Waals surface area contributed by atoms with Gasteiger partial charge in [0.05, 0.1) is 17.4 Å². The van der Waals surface area contributed by atoms with Crippen LogP contribution in [-0.2, 0) is 4.79 Å². The lowest BCUT2D eigenvalue weighted by molar-refractivity contribution is -0.137. The van der Waals surface area contributed by atoms with Crippen molar-refractivity contribution in [2.24, 2.45) is 0 Å². The third-order valence-electron chi connectivity index (χ3n) is 3.04. The summed E-state index contributed by atoms with van der Waals surface area (Å²) in [6, 6.07) is 7.12. The normalized spacial score (nSPS) is 10.4. The second-order valence-corrected chi connectivity index (χ2v) is 5.19. The van der Waals surface area contributed by atoms with Crippen molar-refractivity contribution in [2.45, 2.75) is 19.3 Å². The summed E-state index contributed by atoms with van der Waals surface area (Å²) in [5, 5.41) is 16.0. The van der Waals surface area contributed by atoms with E-state index in [0.717, 1.165) is 5.69 Å². The van der Waals surface area contributed by atoms with Crippen molar-refractivity contribution in [2.75, 3.05) is 6.54 Å². The van der Waals surface area contributed by atoms with Gasteiger partial charge < -0.3 is 10.4 Å². The van der Waals surface area contributed by atoms with Crippen molar-refractivity contribution in [1.82, 2.24) is 15.1 Å². The number of carbonyl (C=O) groups excluding carboxylic acids is 1. The summed E-state index contributed by atoms with van der Waals surface area (Å²) in [7, 11) is 0. The Morgan fingerprint density at radius 2 is 1.95 bits per heavy atom. The van der Waals surface area contributed by atoms with E-state index in [2.05, 4.69) is 10.4 Å². The minimum absolute atomic E-state index is 0.115. The van der Waals surface area contributed by atoms with Crippen molar-refractivity contribution in [3.05, 3.63) is 47.2 Å². The van der Waals surface area contributed by atoms with Gasteiger partial charge in [-0.25, -0.2) is 4.68 Å². The summed E-state index contributed by atoms with van der Waals surface area (Å²) >= 11 is 5.83. The fourth-order valence-corrected chi connectivity index (χ4v) is 2.01. The molecule has 1 heterocycles. The lowest BCUT2D eigenvalue weighted by Gasteiger charge is -2.02. The number of nitrogens with one attached hydrogen (secondary N) is 1. The Kier molecular flexibility index (Phi) is 5.55. The zero-order chi connectivity index (χ0) is 15.9. The van der Waals surface area contributed by atoms with E-state index in [1.807, 2.05) is 12.1 Å². The highest BCUT2D eigenvalue weighted by molar-refractivity contribution is 6.30. The molecule has 1 aromatic heterocycles. The van der Waals surface area contributed by atoms with E-state index in [9.17, 15) is 9.59 Å². The average molecular weight is 322 g/mol. The van der Waals surface area contributed by atoms with Gasteiger partial charge in [-0.1, -0.05) is 11.6 Å². The van der Waals surface area contributed by atoms with Gasteiger partial charge in [-0.2, -0.15) is 5.10 Å². The molecule has 2 N–H and O–H groups in total. The SMILES string of the molecule is O=C(O)CCCCNC(=O)c1cnn(-c2ccc(Cl)cc2)c1. The number of halogens is 1. The minimum Gasteiger partial charge on any atom is -0.481 e. The van der Waals surface area contributed by atoms with Crippen molar-refractivity contribution < 1.29 is 14.7 Å². The average Bonchev–Trinajstić information content (AvgIpc) is 2.97. The van der Waals surface area contributed by atoms with Gasteiger partial charge in [0.25, 0.3) is 5.91 Å². The maximum absolute atomic E-state index is 11.9. The Morgan fingerprint density at radius 1 is 1.23 bits per heavy atom. The van der Waals surface area contributed by atoms with E-state index < -0.39 is 5.97 Å². The highest BCUT2D eigenvalue weighted by Gasteiger charge is 2.09. The molecule has 0 radical (unpaired) electrons. The van der Waals surface area contributed by atoms with Crippen LogP contribution in [0.5, 0.6) is 0 Å². The fourth-order valence-electron chi connectivity index (χ4n) is 1.88. The predicted molar refractivity (Wildman–Crippen MR) is 82.4 cm³/mol. The molecule has 2 aromatic rings. The van der Waals surface area contributed by atoms with E-state index in [1.54, 1.807) is 23.0 Å². The minimum atomic E-state index is -0.824. The van der Waals surface area contributed by atoms with Crippen LogP contribution in [0.3, 0.4) is 0 Å². The molecule has 0 fully saturated rings. The smallest absolute Gasteiger partial charge is 0.303 e. The molecule has 1 amide bonds. The van der Waals surface area contributed by atoms with Gasteiger partial charge in [0.2, 0.25) is 0 Å². The van der Waals surface area contributed by atoms with Crippen molar-refractivity contribution in [1.29, 1.82) is 0 Å². The number of rotatable bonds is 7. The molecule has 0 aliphatic carbocycles. The number of nitrogens with zero attached hydrogens (tertiary/aromatic N) is 2. The molecular formula is C15H16ClN3O3. The van der Waals surface area contributed by atoms with Gasteiger partial charge in [0.1, 0.15) is 0 Å². The molecule has 0 aliphatic heterocycles. The van der Waals surface area contributed by atoms with Crippen LogP contribution < -0.4 is 5.32 Å². The third kappa shape index (κ3) is 4.60. The standard InChI is InChI=1S/C15H16ClN3O3/c16-12-4-6-13(7-5-12)19-10-11(9-18-19)15(22)17-8-2-1-3-14(20)21/h4-7,9-10H,1-3,8H2,(H,17,22)(H,20,21). The van der Waals surface area contributed by atoms with Gasteiger partial charge in [0, 0.05) is 24.2 Å². The maximum Gasteiger partial charge on any atom is 0.303 e. The second kappa shape index (κ2) is 7.61. The molecule has 0 atom stereocenters. The monoisotopic (exact) mass is 321 g/mol. The first kappa shape index (κ1) is 16.0. The van der Waals surface area contributed by atoms with Crippen LogP contribution in [-0.4, -0.2) is 33.3 Å². The summed E-state index contributed by atoms with van der Waals surface area (Å²) in [4.78, 5) is 22.3. The van der Waals surface area contributed by atoms with Gasteiger partial charge in [0.15, 0.2) is 0 Å². The van der Waals surface area contributed by atoms with E-state index >= 15 is 0 Å². The first-order valence-corrected chi connectivity index (χ1v) is 7.24. The van der Waals surface area contributed by atoms with Gasteiger partial charge in [-0.3, -0.25) is 9.59 Å². The summed E-state index contributed by atoms with van der Waals surface area (Å²) in [6.45, 7) is 0.443. The molecule has 0 saturated carbocycles. The number of aliphatic carboxylic acids is 1. The molecular weight excluding hydrogens is 306 g/mol. The predicted octanol–water partition coefficient (Wildman–Crippen LogP) is 2.51. The Morgan fingerprint density at radius 3 is 2.64 bits per heavy atom. The Balaban J connectivity index is 1.86. The third-order valence-corrected chi connectivity index (χ3v) is 3.29. The van der Waals surface area contributed by atoms with Crippen molar-refractivity contribution in [3.63, 3.8) is 0 Å². The Bertz CT molecular complexity index is 652. The quantitative estimate of drug-likeness (QED) is 0.767. The molecule has 0 spiro atoms. The summed E-state index contributed by atoms with van der Waals surface area (Å²) in [5.41, 5.74) is 1.26. The second-order valence-electron chi connectivity index (χ2n) is 4.76. The number of amides is 1. The zero-order valence-electron chi connectivity index (χ0n) is 11.8. The molecule has 0 bridgehead atoms. The van der Waals surface area contributed by atoms with E-state index in [1.165, 1.54) is 6.20 Å². The number of aromatic nitrogens is 2. The Labute approximate surface area is 132 Å². The number of carboxylic acids is 1. The van der Waals surface area contributed by atoms with E-state index in [0.29, 0.717) is 30.0 Å². The summed E-state index contributed by atoms with van der Waals surface area (Å²) < 4.78 is 1.59. The first-order valence-electron chi connectivity index (χ1n) is 6.87. The van der Waals surface area contributed by atoms with Crippen LogP contribution in [0.1, 0.15) is 29.6 Å². The lowest BCUT2D eigenvalue weighted by atomic mass is 10.2. The van der Waals surface area contributed by atoms with Crippen LogP contribution in [0.4, 0.5) is 0 Å².